The second kappa shape index (κ2) is 3.17. The summed E-state index contributed by atoms with van der Waals surface area (Å²) in [5, 5.41) is 21.1. The van der Waals surface area contributed by atoms with E-state index in [4.69, 9.17) is 0 Å². The molecule has 1 aromatic rings. The van der Waals surface area contributed by atoms with E-state index in [1.807, 2.05) is 18.4 Å². The standard InChI is InChI=1S/C9H14O2S/c1-6-4-8(12-5-6)9(3,11)7(2)10/h4-5,7,10-11H,1-3H3. The molecule has 0 saturated carbocycles. The zero-order valence-electron chi connectivity index (χ0n) is 7.53. The number of hydrogen-bond acceptors (Lipinski definition) is 3. The maximum absolute atomic E-state index is 9.84. The quantitative estimate of drug-likeness (QED) is 0.737. The normalized spacial score (nSPS) is 18.8. The second-order valence-corrected chi connectivity index (χ2v) is 4.22. The Bertz CT molecular complexity index is 263. The van der Waals surface area contributed by atoms with E-state index < -0.39 is 11.7 Å². The molecule has 12 heavy (non-hydrogen) atoms. The van der Waals surface area contributed by atoms with E-state index in [0.717, 1.165) is 10.4 Å². The van der Waals surface area contributed by atoms with Crippen molar-refractivity contribution in [1.82, 2.24) is 0 Å². The Labute approximate surface area is 76.5 Å². The highest BCUT2D eigenvalue weighted by molar-refractivity contribution is 7.10. The summed E-state index contributed by atoms with van der Waals surface area (Å²) in [6, 6.07) is 1.90. The summed E-state index contributed by atoms with van der Waals surface area (Å²) in [7, 11) is 0. The van der Waals surface area contributed by atoms with Gasteiger partial charge in [0.05, 0.1) is 6.10 Å². The van der Waals surface area contributed by atoms with Gasteiger partial charge >= 0.3 is 0 Å². The SMILES string of the molecule is Cc1csc(C(C)(O)C(C)O)c1. The van der Waals surface area contributed by atoms with Crippen molar-refractivity contribution in [3.8, 4) is 0 Å². The van der Waals surface area contributed by atoms with Gasteiger partial charge < -0.3 is 10.2 Å². The Morgan fingerprint density at radius 3 is 2.50 bits per heavy atom. The van der Waals surface area contributed by atoms with E-state index in [9.17, 15) is 10.2 Å². The smallest absolute Gasteiger partial charge is 0.121 e. The van der Waals surface area contributed by atoms with E-state index >= 15 is 0 Å². The molecule has 0 amide bonds. The summed E-state index contributed by atoms with van der Waals surface area (Å²) in [5.74, 6) is 0. The lowest BCUT2D eigenvalue weighted by atomic mass is 9.98. The van der Waals surface area contributed by atoms with Crippen molar-refractivity contribution in [2.45, 2.75) is 32.5 Å². The molecule has 0 fully saturated rings. The molecule has 2 atom stereocenters. The van der Waals surface area contributed by atoms with Crippen molar-refractivity contribution in [3.05, 3.63) is 21.9 Å². The van der Waals surface area contributed by atoms with E-state index in [-0.39, 0.29) is 0 Å². The fourth-order valence-corrected chi connectivity index (χ4v) is 1.95. The van der Waals surface area contributed by atoms with Crippen LogP contribution in [-0.2, 0) is 5.60 Å². The number of aryl methyl sites for hydroxylation is 1. The molecule has 0 spiro atoms. The van der Waals surface area contributed by atoms with Crippen LogP contribution in [0.1, 0.15) is 24.3 Å². The molecule has 2 unspecified atom stereocenters. The molecule has 2 N–H and O–H groups in total. The predicted octanol–water partition coefficient (Wildman–Crippen LogP) is 1.64. The highest BCUT2D eigenvalue weighted by Crippen LogP contribution is 2.29. The minimum atomic E-state index is -1.11. The summed E-state index contributed by atoms with van der Waals surface area (Å²) in [4.78, 5) is 0.815. The van der Waals surface area contributed by atoms with Crippen LogP contribution in [0.3, 0.4) is 0 Å². The van der Waals surface area contributed by atoms with Gasteiger partial charge in [0.1, 0.15) is 5.60 Å². The summed E-state index contributed by atoms with van der Waals surface area (Å²) in [6.07, 6.45) is -0.740. The summed E-state index contributed by atoms with van der Waals surface area (Å²) in [5.41, 5.74) is 0.00905. The van der Waals surface area contributed by atoms with Crippen LogP contribution in [0.15, 0.2) is 11.4 Å². The van der Waals surface area contributed by atoms with Gasteiger partial charge in [-0.15, -0.1) is 11.3 Å². The summed E-state index contributed by atoms with van der Waals surface area (Å²) in [6.45, 7) is 5.19. The number of hydrogen-bond donors (Lipinski definition) is 2. The molecule has 0 saturated heterocycles. The predicted molar refractivity (Wildman–Crippen MR) is 50.3 cm³/mol. The van der Waals surface area contributed by atoms with Gasteiger partial charge in [0.25, 0.3) is 0 Å². The topological polar surface area (TPSA) is 40.5 Å². The van der Waals surface area contributed by atoms with Gasteiger partial charge in [-0.25, -0.2) is 0 Å². The minimum Gasteiger partial charge on any atom is -0.390 e. The molecule has 0 radical (unpaired) electrons. The lowest BCUT2D eigenvalue weighted by Crippen LogP contribution is -2.33. The van der Waals surface area contributed by atoms with E-state index in [0.29, 0.717) is 0 Å². The van der Waals surface area contributed by atoms with Crippen molar-refractivity contribution < 1.29 is 10.2 Å². The summed E-state index contributed by atoms with van der Waals surface area (Å²) < 4.78 is 0. The average molecular weight is 186 g/mol. The molecule has 1 heterocycles. The molecular formula is C9H14O2S. The number of aliphatic hydroxyl groups excluding tert-OH is 1. The first-order chi connectivity index (χ1) is 5.44. The molecular weight excluding hydrogens is 172 g/mol. The number of thiophene rings is 1. The highest BCUT2D eigenvalue weighted by atomic mass is 32.1. The molecule has 0 aliphatic rings. The maximum Gasteiger partial charge on any atom is 0.121 e. The van der Waals surface area contributed by atoms with Gasteiger partial charge in [-0.1, -0.05) is 0 Å². The van der Waals surface area contributed by atoms with Crippen LogP contribution in [0.5, 0.6) is 0 Å². The number of aliphatic hydroxyl groups is 2. The third-order valence-corrected chi connectivity index (χ3v) is 3.32. The molecule has 0 aromatic carbocycles. The Balaban J connectivity index is 2.97. The van der Waals surface area contributed by atoms with Crippen LogP contribution in [0.4, 0.5) is 0 Å². The number of rotatable bonds is 2. The van der Waals surface area contributed by atoms with Gasteiger partial charge in [-0.2, -0.15) is 0 Å². The first kappa shape index (κ1) is 9.71. The average Bonchev–Trinajstić information content (AvgIpc) is 2.35. The first-order valence-electron chi connectivity index (χ1n) is 3.90. The van der Waals surface area contributed by atoms with Crippen LogP contribution in [0, 0.1) is 6.92 Å². The van der Waals surface area contributed by atoms with Gasteiger partial charge in [0, 0.05) is 4.88 Å². The molecule has 1 aromatic heterocycles. The van der Waals surface area contributed by atoms with Gasteiger partial charge in [-0.3, -0.25) is 0 Å². The van der Waals surface area contributed by atoms with Crippen LogP contribution in [-0.4, -0.2) is 16.3 Å². The van der Waals surface area contributed by atoms with Gasteiger partial charge in [-0.05, 0) is 37.8 Å². The highest BCUT2D eigenvalue weighted by Gasteiger charge is 2.30. The monoisotopic (exact) mass is 186 g/mol. The maximum atomic E-state index is 9.84. The van der Waals surface area contributed by atoms with Crippen molar-refractivity contribution in [1.29, 1.82) is 0 Å². The van der Waals surface area contributed by atoms with Gasteiger partial charge in [0.15, 0.2) is 0 Å². The van der Waals surface area contributed by atoms with E-state index in [2.05, 4.69) is 0 Å². The molecule has 0 bridgehead atoms. The molecule has 0 aliphatic heterocycles. The fourth-order valence-electron chi connectivity index (χ4n) is 0.903. The first-order valence-corrected chi connectivity index (χ1v) is 4.78. The molecule has 3 heteroatoms. The van der Waals surface area contributed by atoms with Crippen molar-refractivity contribution in [2.75, 3.05) is 0 Å². The third kappa shape index (κ3) is 1.68. The van der Waals surface area contributed by atoms with Crippen LogP contribution >= 0.6 is 11.3 Å². The molecule has 2 nitrogen and oxygen atoms in total. The Hall–Kier alpha value is -0.380. The third-order valence-electron chi connectivity index (χ3n) is 2.04. The fraction of sp³-hybridized carbons (Fsp3) is 0.556. The largest absolute Gasteiger partial charge is 0.390 e. The van der Waals surface area contributed by atoms with E-state index in [1.54, 1.807) is 13.8 Å². The molecule has 0 aliphatic carbocycles. The van der Waals surface area contributed by atoms with Crippen molar-refractivity contribution >= 4 is 11.3 Å². The molecule has 68 valence electrons. The van der Waals surface area contributed by atoms with E-state index in [1.165, 1.54) is 11.3 Å². The van der Waals surface area contributed by atoms with Crippen molar-refractivity contribution in [3.63, 3.8) is 0 Å². The van der Waals surface area contributed by atoms with Crippen LogP contribution in [0.25, 0.3) is 0 Å². The Kier molecular flexibility index (Phi) is 2.56. The summed E-state index contributed by atoms with van der Waals surface area (Å²) >= 11 is 1.47. The zero-order valence-corrected chi connectivity index (χ0v) is 8.35. The minimum absolute atomic E-state index is 0.740. The van der Waals surface area contributed by atoms with Crippen LogP contribution < -0.4 is 0 Å². The van der Waals surface area contributed by atoms with Crippen LogP contribution in [0.2, 0.25) is 0 Å². The van der Waals surface area contributed by atoms with Crippen molar-refractivity contribution in [2.24, 2.45) is 0 Å². The molecule has 1 rings (SSSR count). The Morgan fingerprint density at radius 1 is 1.58 bits per heavy atom. The van der Waals surface area contributed by atoms with Gasteiger partial charge in [0.2, 0.25) is 0 Å². The zero-order chi connectivity index (χ0) is 9.35. The lowest BCUT2D eigenvalue weighted by Gasteiger charge is -2.24. The second-order valence-electron chi connectivity index (χ2n) is 3.31. The Morgan fingerprint density at radius 2 is 2.17 bits per heavy atom. The lowest BCUT2D eigenvalue weighted by molar-refractivity contribution is -0.0543.